The van der Waals surface area contributed by atoms with Gasteiger partial charge in [0.25, 0.3) is 0 Å². The fraction of sp³-hybridized carbons (Fsp3) is 0.316. The molecule has 0 bridgehead atoms. The maximum absolute atomic E-state index is 12.6. The number of nitrogen functional groups attached to an aromatic ring is 1. The largest absolute Gasteiger partial charge is 0.495 e. The van der Waals surface area contributed by atoms with Crippen LogP contribution in [0.3, 0.4) is 0 Å². The minimum absolute atomic E-state index is 0.0208. The van der Waals surface area contributed by atoms with Gasteiger partial charge in [0, 0.05) is 55.9 Å². The SMILES string of the molecule is COc1cc(N2CCN(C(=O)CNc3c(C=N)ccnc3N)CC2)ccc1Cl. The van der Waals surface area contributed by atoms with Crippen LogP contribution in [0, 0.1) is 5.41 Å². The zero-order chi connectivity index (χ0) is 20.1. The summed E-state index contributed by atoms with van der Waals surface area (Å²) in [5.74, 6) is 0.890. The molecule has 1 amide bonds. The Morgan fingerprint density at radius 3 is 2.79 bits per heavy atom. The number of halogens is 1. The van der Waals surface area contributed by atoms with Crippen molar-refractivity contribution in [3.63, 3.8) is 0 Å². The number of pyridine rings is 1. The Hall–Kier alpha value is -3.00. The summed E-state index contributed by atoms with van der Waals surface area (Å²) in [5, 5.41) is 11.0. The molecule has 1 aliphatic rings. The van der Waals surface area contributed by atoms with Crippen molar-refractivity contribution < 1.29 is 9.53 Å². The van der Waals surface area contributed by atoms with E-state index in [4.69, 9.17) is 27.5 Å². The third-order valence-electron chi connectivity index (χ3n) is 4.72. The second-order valence-electron chi connectivity index (χ2n) is 6.34. The highest BCUT2D eigenvalue weighted by Crippen LogP contribution is 2.29. The number of anilines is 3. The maximum atomic E-state index is 12.6. The molecule has 8 nitrogen and oxygen atoms in total. The van der Waals surface area contributed by atoms with Crippen molar-refractivity contribution >= 4 is 40.9 Å². The van der Waals surface area contributed by atoms with Crippen molar-refractivity contribution in [1.29, 1.82) is 5.41 Å². The first kappa shape index (κ1) is 19.8. The molecule has 3 rings (SSSR count). The Kier molecular flexibility index (Phi) is 6.20. The van der Waals surface area contributed by atoms with Gasteiger partial charge in [0.15, 0.2) is 0 Å². The fourth-order valence-electron chi connectivity index (χ4n) is 3.14. The van der Waals surface area contributed by atoms with E-state index >= 15 is 0 Å². The van der Waals surface area contributed by atoms with Crippen molar-refractivity contribution in [2.75, 3.05) is 55.8 Å². The van der Waals surface area contributed by atoms with E-state index in [1.165, 1.54) is 12.4 Å². The van der Waals surface area contributed by atoms with E-state index in [-0.39, 0.29) is 18.3 Å². The third kappa shape index (κ3) is 4.28. The highest BCUT2D eigenvalue weighted by atomic mass is 35.5. The van der Waals surface area contributed by atoms with E-state index in [2.05, 4.69) is 15.2 Å². The molecular weight excluding hydrogens is 380 g/mol. The normalized spacial score (nSPS) is 13.9. The lowest BCUT2D eigenvalue weighted by molar-refractivity contribution is -0.129. The van der Waals surface area contributed by atoms with Gasteiger partial charge in [0.05, 0.1) is 24.4 Å². The minimum atomic E-state index is -0.0208. The predicted octanol–water partition coefficient (Wildman–Crippen LogP) is 2.08. The molecule has 148 valence electrons. The van der Waals surface area contributed by atoms with Crippen molar-refractivity contribution in [3.05, 3.63) is 41.0 Å². The standard InChI is InChI=1S/C19H23ClN6O2/c1-28-16-10-14(2-3-15(16)20)25-6-8-26(9-7-25)17(27)12-24-18-13(11-21)4-5-23-19(18)22/h2-5,10-11,21,24H,6-9,12H2,1H3,(H2,22,23). The summed E-state index contributed by atoms with van der Waals surface area (Å²) in [4.78, 5) is 20.6. The van der Waals surface area contributed by atoms with Crippen LogP contribution in [0.5, 0.6) is 5.75 Å². The molecule has 28 heavy (non-hydrogen) atoms. The molecular formula is C19H23ClN6O2. The number of piperazine rings is 1. The highest BCUT2D eigenvalue weighted by Gasteiger charge is 2.22. The number of benzene rings is 1. The zero-order valence-corrected chi connectivity index (χ0v) is 16.4. The van der Waals surface area contributed by atoms with E-state index in [1.54, 1.807) is 13.2 Å². The van der Waals surface area contributed by atoms with E-state index in [0.29, 0.717) is 35.1 Å². The molecule has 4 N–H and O–H groups in total. The Balaban J connectivity index is 1.56. The van der Waals surface area contributed by atoms with Crippen molar-refractivity contribution in [1.82, 2.24) is 9.88 Å². The van der Waals surface area contributed by atoms with Crippen LogP contribution >= 0.6 is 11.6 Å². The number of nitrogens with zero attached hydrogens (tertiary/aromatic N) is 3. The first-order valence-electron chi connectivity index (χ1n) is 8.88. The molecule has 1 aromatic heterocycles. The van der Waals surface area contributed by atoms with Gasteiger partial charge in [-0.05, 0) is 18.2 Å². The molecule has 1 fully saturated rings. The summed E-state index contributed by atoms with van der Waals surface area (Å²) in [5.41, 5.74) is 7.98. The number of carbonyl (C=O) groups is 1. The quantitative estimate of drug-likeness (QED) is 0.638. The second kappa shape index (κ2) is 8.79. The number of rotatable bonds is 6. The number of carbonyl (C=O) groups excluding carboxylic acids is 1. The van der Waals surface area contributed by atoms with Gasteiger partial charge >= 0.3 is 0 Å². The van der Waals surface area contributed by atoms with Crippen LogP contribution in [0.25, 0.3) is 0 Å². The minimum Gasteiger partial charge on any atom is -0.495 e. The molecule has 0 atom stereocenters. The smallest absolute Gasteiger partial charge is 0.241 e. The Morgan fingerprint density at radius 2 is 2.11 bits per heavy atom. The summed E-state index contributed by atoms with van der Waals surface area (Å²) >= 11 is 6.09. The first-order valence-corrected chi connectivity index (χ1v) is 9.26. The van der Waals surface area contributed by atoms with Gasteiger partial charge in [-0.2, -0.15) is 0 Å². The lowest BCUT2D eigenvalue weighted by Gasteiger charge is -2.36. The Labute approximate surface area is 168 Å². The fourth-order valence-corrected chi connectivity index (χ4v) is 3.34. The van der Waals surface area contributed by atoms with Crippen molar-refractivity contribution in [3.8, 4) is 5.75 Å². The lowest BCUT2D eigenvalue weighted by atomic mass is 10.2. The van der Waals surface area contributed by atoms with Gasteiger partial charge in [-0.25, -0.2) is 4.98 Å². The summed E-state index contributed by atoms with van der Waals surface area (Å²) in [6, 6.07) is 7.35. The molecule has 9 heteroatoms. The maximum Gasteiger partial charge on any atom is 0.241 e. The number of methoxy groups -OCH3 is 1. The molecule has 0 spiro atoms. The van der Waals surface area contributed by atoms with Crippen LogP contribution in [-0.4, -0.2) is 61.8 Å². The van der Waals surface area contributed by atoms with E-state index < -0.39 is 0 Å². The van der Waals surface area contributed by atoms with Crippen LogP contribution in [0.2, 0.25) is 5.02 Å². The zero-order valence-electron chi connectivity index (χ0n) is 15.6. The molecule has 0 aliphatic carbocycles. The molecule has 2 aromatic rings. The van der Waals surface area contributed by atoms with Crippen molar-refractivity contribution in [2.24, 2.45) is 0 Å². The number of nitrogens with one attached hydrogen (secondary N) is 2. The van der Waals surface area contributed by atoms with Crippen molar-refractivity contribution in [2.45, 2.75) is 0 Å². The summed E-state index contributed by atoms with van der Waals surface area (Å²) < 4.78 is 5.28. The summed E-state index contributed by atoms with van der Waals surface area (Å²) in [6.07, 6.45) is 2.72. The van der Waals surface area contributed by atoms with E-state index in [1.807, 2.05) is 23.1 Å². The van der Waals surface area contributed by atoms with Gasteiger partial charge in [0.2, 0.25) is 5.91 Å². The van der Waals surface area contributed by atoms with Crippen LogP contribution < -0.4 is 20.7 Å². The van der Waals surface area contributed by atoms with Gasteiger partial charge in [-0.3, -0.25) is 4.79 Å². The van der Waals surface area contributed by atoms with Crippen LogP contribution in [0.4, 0.5) is 17.2 Å². The molecule has 0 saturated carbocycles. The van der Waals surface area contributed by atoms with Gasteiger partial charge < -0.3 is 31.0 Å². The van der Waals surface area contributed by atoms with Crippen LogP contribution in [0.15, 0.2) is 30.5 Å². The summed E-state index contributed by atoms with van der Waals surface area (Å²) in [7, 11) is 1.59. The Bertz CT molecular complexity index is 867. The number of hydrogen-bond donors (Lipinski definition) is 3. The molecule has 1 aliphatic heterocycles. The number of hydrogen-bond acceptors (Lipinski definition) is 7. The van der Waals surface area contributed by atoms with Crippen LogP contribution in [-0.2, 0) is 4.79 Å². The second-order valence-corrected chi connectivity index (χ2v) is 6.75. The van der Waals surface area contributed by atoms with Gasteiger partial charge in [-0.15, -0.1) is 0 Å². The average Bonchev–Trinajstić information content (AvgIpc) is 2.73. The predicted molar refractivity (Wildman–Crippen MR) is 112 cm³/mol. The number of nitrogens with two attached hydrogens (primary N) is 1. The number of aromatic nitrogens is 1. The molecule has 0 radical (unpaired) electrons. The third-order valence-corrected chi connectivity index (χ3v) is 5.03. The molecule has 0 unspecified atom stereocenters. The Morgan fingerprint density at radius 1 is 1.36 bits per heavy atom. The van der Waals surface area contributed by atoms with Gasteiger partial charge in [-0.1, -0.05) is 11.6 Å². The average molecular weight is 403 g/mol. The van der Waals surface area contributed by atoms with Crippen LogP contribution in [0.1, 0.15) is 5.56 Å². The van der Waals surface area contributed by atoms with E-state index in [0.717, 1.165) is 18.8 Å². The highest BCUT2D eigenvalue weighted by molar-refractivity contribution is 6.32. The van der Waals surface area contributed by atoms with Gasteiger partial charge in [0.1, 0.15) is 11.6 Å². The molecule has 2 heterocycles. The summed E-state index contributed by atoms with van der Waals surface area (Å²) in [6.45, 7) is 2.77. The molecule has 1 aromatic carbocycles. The van der Waals surface area contributed by atoms with E-state index in [9.17, 15) is 4.79 Å². The monoisotopic (exact) mass is 402 g/mol. The number of amides is 1. The topological polar surface area (TPSA) is 108 Å². The lowest BCUT2D eigenvalue weighted by Crippen LogP contribution is -2.50. The first-order chi connectivity index (χ1) is 13.5. The number of ether oxygens (including phenoxy) is 1. The molecule has 1 saturated heterocycles.